The van der Waals surface area contributed by atoms with Gasteiger partial charge in [0.1, 0.15) is 0 Å². The maximum absolute atomic E-state index is 11.6. The molecule has 1 N–H and O–H groups in total. The molecule has 0 unspecified atom stereocenters. The van der Waals surface area contributed by atoms with Gasteiger partial charge in [0.05, 0.1) is 9.35 Å². The zero-order valence-corrected chi connectivity index (χ0v) is 10.2. The highest BCUT2D eigenvalue weighted by atomic mass is 79.9. The van der Waals surface area contributed by atoms with Gasteiger partial charge in [-0.15, -0.1) is 11.3 Å². The van der Waals surface area contributed by atoms with E-state index in [1.54, 1.807) is 11.3 Å². The van der Waals surface area contributed by atoms with Crippen molar-refractivity contribution in [3.05, 3.63) is 20.8 Å². The second-order valence-corrected chi connectivity index (χ2v) is 5.94. The molecule has 0 radical (unpaired) electrons. The van der Waals surface area contributed by atoms with Crippen molar-refractivity contribution >= 4 is 33.2 Å². The number of hydrogen-bond acceptors (Lipinski definition) is 2. The summed E-state index contributed by atoms with van der Waals surface area (Å²) in [5.41, 5.74) is 0.765. The Balaban J connectivity index is 1.82. The number of carbonyl (C=O) groups is 1. The van der Waals surface area contributed by atoms with Crippen molar-refractivity contribution in [1.82, 2.24) is 5.32 Å². The van der Waals surface area contributed by atoms with Crippen LogP contribution in [0.3, 0.4) is 0 Å². The average molecular weight is 274 g/mol. The van der Waals surface area contributed by atoms with Crippen LogP contribution in [0.4, 0.5) is 0 Å². The van der Waals surface area contributed by atoms with Crippen LogP contribution in [0.2, 0.25) is 0 Å². The van der Waals surface area contributed by atoms with Crippen molar-refractivity contribution in [3.63, 3.8) is 0 Å². The molecule has 0 saturated heterocycles. The molecule has 14 heavy (non-hydrogen) atoms. The van der Waals surface area contributed by atoms with Crippen LogP contribution in [-0.2, 0) is 0 Å². The number of nitrogens with one attached hydrogen (secondary N) is 1. The molecule has 4 heteroatoms. The monoisotopic (exact) mass is 273 g/mol. The van der Waals surface area contributed by atoms with Crippen molar-refractivity contribution < 1.29 is 4.79 Å². The van der Waals surface area contributed by atoms with E-state index in [2.05, 4.69) is 21.2 Å². The van der Waals surface area contributed by atoms with Crippen LogP contribution >= 0.6 is 27.3 Å². The molecule has 0 atom stereocenters. The quantitative estimate of drug-likeness (QED) is 0.901. The molecular formula is C10H12BrNOS. The van der Waals surface area contributed by atoms with E-state index in [0.29, 0.717) is 0 Å². The molecule has 0 aliphatic heterocycles. The van der Waals surface area contributed by atoms with Crippen LogP contribution in [-0.4, -0.2) is 12.5 Å². The van der Waals surface area contributed by atoms with Crippen LogP contribution in [0.5, 0.6) is 0 Å². The van der Waals surface area contributed by atoms with E-state index in [1.807, 2.05) is 11.4 Å². The van der Waals surface area contributed by atoms with E-state index in [0.717, 1.165) is 21.8 Å². The fourth-order valence-electron chi connectivity index (χ4n) is 1.47. The first kappa shape index (κ1) is 10.2. The predicted octanol–water partition coefficient (Wildman–Crippen LogP) is 3.04. The highest BCUT2D eigenvalue weighted by Crippen LogP contribution is 2.25. The Morgan fingerprint density at radius 3 is 2.93 bits per heavy atom. The summed E-state index contributed by atoms with van der Waals surface area (Å²) in [6.45, 7) is 0.840. The SMILES string of the molecule is O=C(NCC1CCC1)c1csc(Br)c1. The maximum atomic E-state index is 11.6. The van der Waals surface area contributed by atoms with Gasteiger partial charge in [-0.3, -0.25) is 4.79 Å². The average Bonchev–Trinajstić information content (AvgIpc) is 2.49. The molecule has 76 valence electrons. The van der Waals surface area contributed by atoms with Crippen LogP contribution in [0.1, 0.15) is 29.6 Å². The molecule has 2 rings (SSSR count). The molecule has 1 aliphatic carbocycles. The van der Waals surface area contributed by atoms with Gasteiger partial charge in [0.2, 0.25) is 0 Å². The summed E-state index contributed by atoms with van der Waals surface area (Å²) in [6, 6.07) is 1.86. The first-order valence-electron chi connectivity index (χ1n) is 4.78. The molecule has 1 heterocycles. The molecule has 1 aromatic rings. The Labute approximate surface area is 95.8 Å². The molecule has 0 aromatic carbocycles. The molecule has 0 spiro atoms. The smallest absolute Gasteiger partial charge is 0.252 e. The minimum Gasteiger partial charge on any atom is -0.352 e. The van der Waals surface area contributed by atoms with Crippen LogP contribution in [0.15, 0.2) is 15.2 Å². The highest BCUT2D eigenvalue weighted by molar-refractivity contribution is 9.11. The molecule has 0 bridgehead atoms. The lowest BCUT2D eigenvalue weighted by Gasteiger charge is -2.25. The standard InChI is InChI=1S/C10H12BrNOS/c11-9-4-8(6-14-9)10(13)12-5-7-2-1-3-7/h4,6-7H,1-3,5H2,(H,12,13). The van der Waals surface area contributed by atoms with E-state index in [9.17, 15) is 4.79 Å². The minimum atomic E-state index is 0.0545. The predicted molar refractivity (Wildman–Crippen MR) is 61.7 cm³/mol. The number of thiophene rings is 1. The first-order chi connectivity index (χ1) is 6.75. The summed E-state index contributed by atoms with van der Waals surface area (Å²) in [6.07, 6.45) is 3.87. The topological polar surface area (TPSA) is 29.1 Å². The number of rotatable bonds is 3. The van der Waals surface area contributed by atoms with E-state index in [-0.39, 0.29) is 5.91 Å². The normalized spacial score (nSPS) is 16.4. The Bertz CT molecular complexity index is 333. The summed E-state index contributed by atoms with van der Waals surface area (Å²) in [4.78, 5) is 11.6. The van der Waals surface area contributed by atoms with Crippen LogP contribution < -0.4 is 5.32 Å². The summed E-state index contributed by atoms with van der Waals surface area (Å²) >= 11 is 4.89. The maximum Gasteiger partial charge on any atom is 0.252 e. The largest absolute Gasteiger partial charge is 0.352 e. The number of carbonyl (C=O) groups excluding carboxylic acids is 1. The molecule has 2 nitrogen and oxygen atoms in total. The first-order valence-corrected chi connectivity index (χ1v) is 6.45. The number of halogens is 1. The Morgan fingerprint density at radius 1 is 1.64 bits per heavy atom. The van der Waals surface area contributed by atoms with Crippen molar-refractivity contribution in [2.75, 3.05) is 6.54 Å². The summed E-state index contributed by atoms with van der Waals surface area (Å²) in [5, 5.41) is 4.84. The van der Waals surface area contributed by atoms with Crippen molar-refractivity contribution in [2.45, 2.75) is 19.3 Å². The van der Waals surface area contributed by atoms with Crippen LogP contribution in [0.25, 0.3) is 0 Å². The highest BCUT2D eigenvalue weighted by Gasteiger charge is 2.18. The third kappa shape index (κ3) is 2.36. The third-order valence-corrected chi connectivity index (χ3v) is 4.11. The Kier molecular flexibility index (Phi) is 3.23. The van der Waals surface area contributed by atoms with Crippen molar-refractivity contribution in [2.24, 2.45) is 5.92 Å². The minimum absolute atomic E-state index is 0.0545. The second kappa shape index (κ2) is 4.45. The summed E-state index contributed by atoms with van der Waals surface area (Å²) in [7, 11) is 0. The van der Waals surface area contributed by atoms with Gasteiger partial charge in [-0.25, -0.2) is 0 Å². The summed E-state index contributed by atoms with van der Waals surface area (Å²) < 4.78 is 1.01. The molecule has 1 aromatic heterocycles. The van der Waals surface area contributed by atoms with E-state index in [1.165, 1.54) is 19.3 Å². The van der Waals surface area contributed by atoms with Gasteiger partial charge in [0, 0.05) is 11.9 Å². The lowest BCUT2D eigenvalue weighted by Crippen LogP contribution is -2.31. The zero-order valence-electron chi connectivity index (χ0n) is 7.75. The fourth-order valence-corrected chi connectivity index (χ4v) is 2.60. The van der Waals surface area contributed by atoms with Gasteiger partial charge >= 0.3 is 0 Å². The molecule has 1 saturated carbocycles. The molecule has 1 fully saturated rings. The lowest BCUT2D eigenvalue weighted by atomic mass is 9.85. The van der Waals surface area contributed by atoms with Gasteiger partial charge in [0.15, 0.2) is 0 Å². The Morgan fingerprint density at radius 2 is 2.43 bits per heavy atom. The van der Waals surface area contributed by atoms with E-state index < -0.39 is 0 Å². The van der Waals surface area contributed by atoms with Crippen molar-refractivity contribution in [1.29, 1.82) is 0 Å². The number of amides is 1. The van der Waals surface area contributed by atoms with Crippen molar-refractivity contribution in [3.8, 4) is 0 Å². The van der Waals surface area contributed by atoms with Gasteiger partial charge in [0.25, 0.3) is 5.91 Å². The summed E-state index contributed by atoms with van der Waals surface area (Å²) in [5.74, 6) is 0.778. The van der Waals surface area contributed by atoms with Gasteiger partial charge in [-0.1, -0.05) is 6.42 Å². The van der Waals surface area contributed by atoms with Gasteiger partial charge in [-0.05, 0) is 40.8 Å². The second-order valence-electron chi connectivity index (χ2n) is 3.65. The number of hydrogen-bond donors (Lipinski definition) is 1. The van der Waals surface area contributed by atoms with Crippen LogP contribution in [0, 0.1) is 5.92 Å². The van der Waals surface area contributed by atoms with Gasteiger partial charge < -0.3 is 5.32 Å². The lowest BCUT2D eigenvalue weighted by molar-refractivity contribution is 0.0939. The molecule has 1 amide bonds. The third-order valence-electron chi connectivity index (χ3n) is 2.61. The van der Waals surface area contributed by atoms with Gasteiger partial charge in [-0.2, -0.15) is 0 Å². The van der Waals surface area contributed by atoms with E-state index >= 15 is 0 Å². The fraction of sp³-hybridized carbons (Fsp3) is 0.500. The molecule has 1 aliphatic rings. The zero-order chi connectivity index (χ0) is 9.97. The van der Waals surface area contributed by atoms with E-state index in [4.69, 9.17) is 0 Å². The molecular weight excluding hydrogens is 262 g/mol. The Hall–Kier alpha value is -0.350.